The van der Waals surface area contributed by atoms with E-state index in [2.05, 4.69) is 4.72 Å². The van der Waals surface area contributed by atoms with Crippen LogP contribution in [0.1, 0.15) is 12.5 Å². The van der Waals surface area contributed by atoms with Crippen LogP contribution in [-0.4, -0.2) is 25.6 Å². The van der Waals surface area contributed by atoms with E-state index in [9.17, 15) is 13.2 Å². The highest BCUT2D eigenvalue weighted by molar-refractivity contribution is 7.89. The van der Waals surface area contributed by atoms with Crippen LogP contribution in [0.3, 0.4) is 0 Å². The summed E-state index contributed by atoms with van der Waals surface area (Å²) in [7, 11) is -3.78. The van der Waals surface area contributed by atoms with E-state index in [1.165, 1.54) is 12.1 Å². The van der Waals surface area contributed by atoms with Crippen LogP contribution in [0.5, 0.6) is 5.75 Å². The molecule has 6 nitrogen and oxygen atoms in total. The van der Waals surface area contributed by atoms with Gasteiger partial charge in [0.05, 0.1) is 27.7 Å². The molecule has 0 unspecified atom stereocenters. The number of ether oxygens (including phenoxy) is 1. The Labute approximate surface area is 195 Å². The van der Waals surface area contributed by atoms with Crippen LogP contribution in [0.15, 0.2) is 82.5 Å². The molecular weight excluding hydrogens is 468 g/mol. The van der Waals surface area contributed by atoms with Gasteiger partial charge >= 0.3 is 4.87 Å². The Kier molecular flexibility index (Phi) is 6.66. The molecule has 9 heteroatoms. The van der Waals surface area contributed by atoms with Gasteiger partial charge in [0, 0.05) is 5.02 Å². The first-order valence-corrected chi connectivity index (χ1v) is 12.6. The largest absolute Gasteiger partial charge is 0.492 e. The number of hydrogen-bond acceptors (Lipinski definition) is 5. The minimum absolute atomic E-state index is 0.0997. The fraction of sp³-hybridized carbons (Fsp3) is 0.174. The maximum Gasteiger partial charge on any atom is 0.308 e. The third kappa shape index (κ3) is 5.05. The number of aromatic nitrogens is 1. The van der Waals surface area contributed by atoms with Crippen molar-refractivity contribution in [2.45, 2.75) is 24.4 Å². The van der Waals surface area contributed by atoms with Gasteiger partial charge in [-0.05, 0) is 48.9 Å². The maximum atomic E-state index is 12.9. The SMILES string of the molecule is C[C@@H](COc1ccccc1)NS(=O)(=O)c1ccc2c(c1)sc(=O)n2Cc1ccccc1Cl. The van der Waals surface area contributed by atoms with Gasteiger partial charge in [0.15, 0.2) is 0 Å². The summed E-state index contributed by atoms with van der Waals surface area (Å²) < 4.78 is 36.2. The quantitative estimate of drug-likeness (QED) is 0.396. The van der Waals surface area contributed by atoms with Gasteiger partial charge < -0.3 is 4.74 Å². The molecule has 3 aromatic carbocycles. The molecule has 0 aliphatic rings. The highest BCUT2D eigenvalue weighted by Gasteiger charge is 2.20. The van der Waals surface area contributed by atoms with Crippen molar-refractivity contribution in [3.8, 4) is 5.75 Å². The van der Waals surface area contributed by atoms with E-state index >= 15 is 0 Å². The van der Waals surface area contributed by atoms with Crippen molar-refractivity contribution in [3.05, 3.63) is 93.0 Å². The van der Waals surface area contributed by atoms with E-state index in [4.69, 9.17) is 16.3 Å². The van der Waals surface area contributed by atoms with Crippen molar-refractivity contribution in [3.63, 3.8) is 0 Å². The normalized spacial score (nSPS) is 12.7. The Balaban J connectivity index is 1.53. The molecule has 0 saturated heterocycles. The van der Waals surface area contributed by atoms with E-state index in [0.29, 0.717) is 27.5 Å². The maximum absolute atomic E-state index is 12.9. The van der Waals surface area contributed by atoms with Crippen molar-refractivity contribution in [2.75, 3.05) is 6.61 Å². The molecule has 166 valence electrons. The molecule has 4 aromatic rings. The first-order valence-electron chi connectivity index (χ1n) is 9.90. The summed E-state index contributed by atoms with van der Waals surface area (Å²) in [6.07, 6.45) is 0. The third-order valence-electron chi connectivity index (χ3n) is 4.84. The minimum Gasteiger partial charge on any atom is -0.492 e. The lowest BCUT2D eigenvalue weighted by molar-refractivity contribution is 0.287. The average Bonchev–Trinajstić information content (AvgIpc) is 3.08. The number of fused-ring (bicyclic) bond motifs is 1. The van der Waals surface area contributed by atoms with Crippen LogP contribution in [0, 0.1) is 0 Å². The molecule has 32 heavy (non-hydrogen) atoms. The van der Waals surface area contributed by atoms with Crippen molar-refractivity contribution in [1.29, 1.82) is 0 Å². The van der Waals surface area contributed by atoms with E-state index in [-0.39, 0.29) is 16.4 Å². The Bertz CT molecular complexity index is 1400. The molecule has 0 spiro atoms. The summed E-state index contributed by atoms with van der Waals surface area (Å²) in [5, 5.41) is 0.578. The molecule has 1 heterocycles. The summed E-state index contributed by atoms with van der Waals surface area (Å²) >= 11 is 7.24. The molecule has 0 saturated carbocycles. The first-order chi connectivity index (χ1) is 15.3. The lowest BCUT2D eigenvalue weighted by Crippen LogP contribution is -2.36. The average molecular weight is 489 g/mol. The van der Waals surface area contributed by atoms with Gasteiger partial charge in [-0.25, -0.2) is 13.1 Å². The number of para-hydroxylation sites is 1. The van der Waals surface area contributed by atoms with Crippen LogP contribution in [0.4, 0.5) is 0 Å². The number of sulfonamides is 1. The molecule has 1 N–H and O–H groups in total. The lowest BCUT2D eigenvalue weighted by Gasteiger charge is -2.15. The second-order valence-electron chi connectivity index (χ2n) is 7.32. The van der Waals surface area contributed by atoms with Crippen LogP contribution in [0.2, 0.25) is 5.02 Å². The zero-order valence-corrected chi connectivity index (χ0v) is 19.6. The Morgan fingerprint density at radius 2 is 1.78 bits per heavy atom. The number of benzene rings is 3. The van der Waals surface area contributed by atoms with E-state index in [0.717, 1.165) is 16.9 Å². The Hall–Kier alpha value is -2.65. The van der Waals surface area contributed by atoms with Crippen molar-refractivity contribution < 1.29 is 13.2 Å². The summed E-state index contributed by atoms with van der Waals surface area (Å²) in [5.41, 5.74) is 1.49. The number of thiazole rings is 1. The van der Waals surface area contributed by atoms with Gasteiger partial charge in [-0.2, -0.15) is 0 Å². The van der Waals surface area contributed by atoms with Gasteiger partial charge in [0.1, 0.15) is 12.4 Å². The summed E-state index contributed by atoms with van der Waals surface area (Å²) in [6, 6.07) is 20.8. The molecule has 1 atom stereocenters. The topological polar surface area (TPSA) is 77.4 Å². The Morgan fingerprint density at radius 1 is 1.06 bits per heavy atom. The van der Waals surface area contributed by atoms with Gasteiger partial charge in [0.2, 0.25) is 10.0 Å². The van der Waals surface area contributed by atoms with Gasteiger partial charge in [-0.1, -0.05) is 59.3 Å². The molecule has 0 fully saturated rings. The molecule has 4 rings (SSSR count). The lowest BCUT2D eigenvalue weighted by atomic mass is 10.2. The highest BCUT2D eigenvalue weighted by Crippen LogP contribution is 2.24. The molecule has 0 bridgehead atoms. The molecule has 0 radical (unpaired) electrons. The van der Waals surface area contributed by atoms with Gasteiger partial charge in [-0.3, -0.25) is 9.36 Å². The first kappa shape index (κ1) is 22.5. The smallest absolute Gasteiger partial charge is 0.308 e. The molecule has 0 aliphatic carbocycles. The standard InChI is InChI=1S/C23H21ClN2O4S2/c1-16(15-30-18-8-3-2-4-9-18)25-32(28,29)19-11-12-21-22(13-19)31-23(27)26(21)14-17-7-5-6-10-20(17)24/h2-13,16,25H,14-15H2,1H3/t16-/m0/s1. The minimum atomic E-state index is -3.78. The number of halogens is 1. The number of rotatable bonds is 8. The van der Waals surface area contributed by atoms with Crippen LogP contribution >= 0.6 is 22.9 Å². The fourth-order valence-electron chi connectivity index (χ4n) is 3.27. The molecule has 0 aliphatic heterocycles. The Morgan fingerprint density at radius 3 is 2.53 bits per heavy atom. The monoisotopic (exact) mass is 488 g/mol. The summed E-state index contributed by atoms with van der Waals surface area (Å²) in [6.45, 7) is 2.24. The highest BCUT2D eigenvalue weighted by atomic mass is 35.5. The zero-order valence-electron chi connectivity index (χ0n) is 17.2. The van der Waals surface area contributed by atoms with Gasteiger partial charge in [-0.15, -0.1) is 0 Å². The van der Waals surface area contributed by atoms with Crippen molar-refractivity contribution in [1.82, 2.24) is 9.29 Å². The molecular formula is C23H21ClN2O4S2. The van der Waals surface area contributed by atoms with Crippen LogP contribution in [0.25, 0.3) is 10.2 Å². The van der Waals surface area contributed by atoms with Gasteiger partial charge in [0.25, 0.3) is 0 Å². The summed E-state index contributed by atoms with van der Waals surface area (Å²) in [4.78, 5) is 12.5. The van der Waals surface area contributed by atoms with Crippen LogP contribution < -0.4 is 14.3 Å². The van der Waals surface area contributed by atoms with E-state index in [1.807, 2.05) is 48.5 Å². The fourth-order valence-corrected chi connectivity index (χ4v) is 5.72. The second-order valence-corrected chi connectivity index (χ2v) is 10.4. The predicted octanol–water partition coefficient (Wildman–Crippen LogP) is 4.51. The zero-order chi connectivity index (χ0) is 22.7. The van der Waals surface area contributed by atoms with Crippen molar-refractivity contribution >= 4 is 43.2 Å². The molecule has 0 amide bonds. The second kappa shape index (κ2) is 9.46. The molecule has 1 aromatic heterocycles. The van der Waals surface area contributed by atoms with Crippen LogP contribution in [-0.2, 0) is 16.6 Å². The van der Waals surface area contributed by atoms with E-state index in [1.54, 1.807) is 23.6 Å². The van der Waals surface area contributed by atoms with Crippen molar-refractivity contribution in [2.24, 2.45) is 0 Å². The third-order valence-corrected chi connectivity index (χ3v) is 7.73. The summed E-state index contributed by atoms with van der Waals surface area (Å²) in [5.74, 6) is 0.671. The van der Waals surface area contributed by atoms with E-state index < -0.39 is 16.1 Å². The number of hydrogen-bond donors (Lipinski definition) is 1. The number of nitrogens with zero attached hydrogens (tertiary/aromatic N) is 1. The predicted molar refractivity (Wildman–Crippen MR) is 128 cm³/mol. The number of nitrogens with one attached hydrogen (secondary N) is 1.